The van der Waals surface area contributed by atoms with Gasteiger partial charge in [0.25, 0.3) is 0 Å². The van der Waals surface area contributed by atoms with Gasteiger partial charge in [0.05, 0.1) is 17.4 Å². The minimum Gasteiger partial charge on any atom is -0.340 e. The van der Waals surface area contributed by atoms with Crippen LogP contribution in [0.3, 0.4) is 0 Å². The summed E-state index contributed by atoms with van der Waals surface area (Å²) < 4.78 is 0.763. The number of hydrogen-bond donors (Lipinski definition) is 1. The van der Waals surface area contributed by atoms with E-state index in [1.54, 1.807) is 4.90 Å². The summed E-state index contributed by atoms with van der Waals surface area (Å²) in [4.78, 5) is 17.3. The molecule has 4 nitrogen and oxygen atoms in total. The van der Waals surface area contributed by atoms with Crippen LogP contribution in [0.4, 0.5) is 0 Å². The van der Waals surface area contributed by atoms with E-state index in [1.165, 1.54) is 11.3 Å². The van der Waals surface area contributed by atoms with Crippen molar-refractivity contribution in [1.29, 1.82) is 0 Å². The molecule has 20 heavy (non-hydrogen) atoms. The maximum atomic E-state index is 12.2. The van der Waals surface area contributed by atoms with Crippen molar-refractivity contribution in [3.8, 4) is 0 Å². The van der Waals surface area contributed by atoms with Crippen LogP contribution in [0.2, 0.25) is 4.34 Å². The van der Waals surface area contributed by atoms with Gasteiger partial charge in [0.15, 0.2) is 0 Å². The summed E-state index contributed by atoms with van der Waals surface area (Å²) in [7, 11) is 1.84. The fourth-order valence-electron chi connectivity index (χ4n) is 2.50. The summed E-state index contributed by atoms with van der Waals surface area (Å²) in [6.45, 7) is 5.84. The first-order chi connectivity index (χ1) is 9.42. The van der Waals surface area contributed by atoms with Crippen molar-refractivity contribution in [2.45, 2.75) is 19.9 Å². The second-order valence-corrected chi connectivity index (χ2v) is 7.73. The van der Waals surface area contributed by atoms with Crippen LogP contribution in [0.1, 0.15) is 18.2 Å². The number of carbonyl (C=O) groups excluding carboxylic acids is 1. The predicted octanol–water partition coefficient (Wildman–Crippen LogP) is 2.03. The Hall–Kier alpha value is -0.620. The van der Waals surface area contributed by atoms with Crippen LogP contribution < -0.4 is 5.73 Å². The van der Waals surface area contributed by atoms with Gasteiger partial charge >= 0.3 is 0 Å². The number of hydrogen-bond acceptors (Lipinski definition) is 4. The van der Waals surface area contributed by atoms with E-state index in [2.05, 4.69) is 11.8 Å². The number of rotatable bonds is 5. The number of thiophene rings is 1. The zero-order chi connectivity index (χ0) is 14.8. The highest BCUT2D eigenvalue weighted by molar-refractivity contribution is 7.16. The van der Waals surface area contributed by atoms with Crippen molar-refractivity contribution >= 4 is 28.8 Å². The Morgan fingerprint density at radius 1 is 1.60 bits per heavy atom. The van der Waals surface area contributed by atoms with Crippen molar-refractivity contribution in [3.63, 3.8) is 0 Å². The molecule has 0 aromatic carbocycles. The molecule has 0 radical (unpaired) electrons. The molecule has 1 unspecified atom stereocenters. The zero-order valence-corrected chi connectivity index (χ0v) is 13.6. The lowest BCUT2D eigenvalue weighted by atomic mass is 9.90. The second-order valence-electron chi connectivity index (χ2n) is 5.93. The molecule has 1 aliphatic rings. The number of nitrogens with two attached hydrogens (primary N) is 1. The van der Waals surface area contributed by atoms with E-state index < -0.39 is 0 Å². The molecule has 0 aliphatic carbocycles. The molecule has 1 aromatic rings. The van der Waals surface area contributed by atoms with Crippen LogP contribution in [0.25, 0.3) is 0 Å². The molecule has 1 aromatic heterocycles. The van der Waals surface area contributed by atoms with Crippen LogP contribution >= 0.6 is 22.9 Å². The number of halogens is 1. The lowest BCUT2D eigenvalue weighted by Crippen LogP contribution is -2.38. The van der Waals surface area contributed by atoms with Gasteiger partial charge < -0.3 is 10.6 Å². The Bertz CT molecular complexity index is 479. The van der Waals surface area contributed by atoms with Crippen LogP contribution in [0.15, 0.2) is 12.1 Å². The van der Waals surface area contributed by atoms with E-state index in [-0.39, 0.29) is 11.3 Å². The molecule has 0 saturated carbocycles. The van der Waals surface area contributed by atoms with E-state index in [9.17, 15) is 4.79 Å². The molecule has 0 bridgehead atoms. The van der Waals surface area contributed by atoms with Gasteiger partial charge in [-0.1, -0.05) is 18.5 Å². The van der Waals surface area contributed by atoms with Gasteiger partial charge in [0, 0.05) is 18.5 Å². The van der Waals surface area contributed by atoms with E-state index >= 15 is 0 Å². The molecule has 1 saturated heterocycles. The molecule has 1 fully saturated rings. The van der Waals surface area contributed by atoms with E-state index in [0.717, 1.165) is 28.7 Å². The average Bonchev–Trinajstić information content (AvgIpc) is 2.97. The Morgan fingerprint density at radius 3 is 2.90 bits per heavy atom. The molecule has 1 amide bonds. The summed E-state index contributed by atoms with van der Waals surface area (Å²) in [5.74, 6) is 0.149. The summed E-state index contributed by atoms with van der Waals surface area (Å²) in [5, 5.41) is 0. The molecule has 2 N–H and O–H groups in total. The number of carbonyl (C=O) groups is 1. The van der Waals surface area contributed by atoms with Gasteiger partial charge in [-0.05, 0) is 37.1 Å². The lowest BCUT2D eigenvalue weighted by Gasteiger charge is -2.24. The van der Waals surface area contributed by atoms with Crippen molar-refractivity contribution in [1.82, 2.24) is 9.80 Å². The number of likely N-dealkylation sites (N-methyl/N-ethyl adjacent to an activating group) is 1. The standard InChI is InChI=1S/C14H22ClN3OS/c1-14(9-16)5-6-18(10-14)8-13(19)17(2)7-11-3-4-12(15)20-11/h3-4H,5-10,16H2,1-2H3. The van der Waals surface area contributed by atoms with Crippen molar-refractivity contribution in [2.24, 2.45) is 11.1 Å². The largest absolute Gasteiger partial charge is 0.340 e. The first-order valence-corrected chi connectivity index (χ1v) is 8.02. The zero-order valence-electron chi connectivity index (χ0n) is 12.1. The van der Waals surface area contributed by atoms with E-state index in [4.69, 9.17) is 17.3 Å². The normalized spacial score (nSPS) is 23.2. The number of nitrogens with zero attached hydrogens (tertiary/aromatic N) is 2. The molecule has 2 rings (SSSR count). The van der Waals surface area contributed by atoms with Crippen molar-refractivity contribution < 1.29 is 4.79 Å². The smallest absolute Gasteiger partial charge is 0.236 e. The minimum absolute atomic E-state index is 0.149. The molecule has 0 spiro atoms. The third kappa shape index (κ3) is 3.95. The average molecular weight is 316 g/mol. The fraction of sp³-hybridized carbons (Fsp3) is 0.643. The summed E-state index contributed by atoms with van der Waals surface area (Å²) >= 11 is 7.42. The second kappa shape index (κ2) is 6.43. The molecule has 112 valence electrons. The maximum Gasteiger partial charge on any atom is 0.236 e. The highest BCUT2D eigenvalue weighted by atomic mass is 35.5. The minimum atomic E-state index is 0.149. The van der Waals surface area contributed by atoms with Gasteiger partial charge in [-0.2, -0.15) is 0 Å². The topological polar surface area (TPSA) is 49.6 Å². The first-order valence-electron chi connectivity index (χ1n) is 6.82. The number of amides is 1. The van der Waals surface area contributed by atoms with Gasteiger partial charge in [0.2, 0.25) is 5.91 Å². The molecular weight excluding hydrogens is 294 g/mol. The molecule has 2 heterocycles. The summed E-state index contributed by atoms with van der Waals surface area (Å²) in [5.41, 5.74) is 5.96. The van der Waals surface area contributed by atoms with Gasteiger partial charge in [0.1, 0.15) is 0 Å². The van der Waals surface area contributed by atoms with Crippen molar-refractivity contribution in [3.05, 3.63) is 21.3 Å². The van der Waals surface area contributed by atoms with E-state index in [1.807, 2.05) is 19.2 Å². The molecular formula is C14H22ClN3OS. The van der Waals surface area contributed by atoms with Crippen LogP contribution in [0.5, 0.6) is 0 Å². The third-order valence-corrected chi connectivity index (χ3v) is 5.15. The van der Waals surface area contributed by atoms with E-state index in [0.29, 0.717) is 19.6 Å². The van der Waals surface area contributed by atoms with Gasteiger partial charge in [-0.15, -0.1) is 11.3 Å². The fourth-order valence-corrected chi connectivity index (χ4v) is 3.64. The third-order valence-electron chi connectivity index (χ3n) is 3.94. The Morgan fingerprint density at radius 2 is 2.35 bits per heavy atom. The lowest BCUT2D eigenvalue weighted by molar-refractivity contribution is -0.131. The Labute approximate surface area is 129 Å². The summed E-state index contributed by atoms with van der Waals surface area (Å²) in [6, 6.07) is 3.84. The first kappa shape index (κ1) is 15.8. The van der Waals surface area contributed by atoms with Gasteiger partial charge in [-0.25, -0.2) is 0 Å². The monoisotopic (exact) mass is 315 g/mol. The SMILES string of the molecule is CN(Cc1ccc(Cl)s1)C(=O)CN1CCC(C)(CN)C1. The maximum absolute atomic E-state index is 12.2. The van der Waals surface area contributed by atoms with Crippen molar-refractivity contribution in [2.75, 3.05) is 33.2 Å². The molecule has 1 atom stereocenters. The Kier molecular flexibility index (Phi) is 5.07. The van der Waals surface area contributed by atoms with Crippen LogP contribution in [0, 0.1) is 5.41 Å². The highest BCUT2D eigenvalue weighted by Gasteiger charge is 2.33. The van der Waals surface area contributed by atoms with Crippen LogP contribution in [-0.2, 0) is 11.3 Å². The predicted molar refractivity (Wildman–Crippen MR) is 84.0 cm³/mol. The molecule has 6 heteroatoms. The molecule has 1 aliphatic heterocycles. The van der Waals surface area contributed by atoms with Crippen LogP contribution in [-0.4, -0.2) is 48.9 Å². The summed E-state index contributed by atoms with van der Waals surface area (Å²) in [6.07, 6.45) is 1.07. The quantitative estimate of drug-likeness (QED) is 0.904. The van der Waals surface area contributed by atoms with Gasteiger partial charge in [-0.3, -0.25) is 9.69 Å². The number of likely N-dealkylation sites (tertiary alicyclic amines) is 1. The highest BCUT2D eigenvalue weighted by Crippen LogP contribution is 2.28. The Balaban J connectivity index is 1.83.